The highest BCUT2D eigenvalue weighted by Gasteiger charge is 2.20. The zero-order valence-electron chi connectivity index (χ0n) is 15.4. The maximum atomic E-state index is 11.4. The van der Waals surface area contributed by atoms with Crippen molar-refractivity contribution >= 4 is 17.4 Å². The summed E-state index contributed by atoms with van der Waals surface area (Å²) < 4.78 is 7.43. The van der Waals surface area contributed by atoms with Crippen LogP contribution >= 0.6 is 11.8 Å². The van der Waals surface area contributed by atoms with Crippen molar-refractivity contribution in [3.8, 4) is 23.0 Å². The third-order valence-corrected chi connectivity index (χ3v) is 5.10. The molecule has 2 aromatic carbocycles. The second-order valence-corrected chi connectivity index (χ2v) is 7.26. The lowest BCUT2D eigenvalue weighted by Crippen LogP contribution is -1.96. The van der Waals surface area contributed by atoms with Gasteiger partial charge in [0.2, 0.25) is 0 Å². The van der Waals surface area contributed by atoms with Gasteiger partial charge in [0.1, 0.15) is 10.6 Å². The first kappa shape index (κ1) is 18.7. The minimum atomic E-state index is -0.391. The predicted octanol–water partition coefficient (Wildman–Crippen LogP) is 5.33. The Bertz CT molecular complexity index is 1150. The van der Waals surface area contributed by atoms with Crippen LogP contribution in [0.3, 0.4) is 0 Å². The summed E-state index contributed by atoms with van der Waals surface area (Å²) in [5, 5.41) is 11.4. The predicted molar refractivity (Wildman–Crippen MR) is 110 cm³/mol. The Morgan fingerprint density at radius 3 is 2.38 bits per heavy atom. The molecule has 0 unspecified atom stereocenters. The molecule has 0 bridgehead atoms. The second-order valence-electron chi connectivity index (χ2n) is 6.18. The number of hydrogen-bond acceptors (Lipinski definition) is 6. The Morgan fingerprint density at radius 2 is 1.69 bits per heavy atom. The van der Waals surface area contributed by atoms with Crippen molar-refractivity contribution in [2.24, 2.45) is 7.05 Å². The summed E-state index contributed by atoms with van der Waals surface area (Å²) in [4.78, 5) is 21.1. The Balaban J connectivity index is 1.74. The van der Waals surface area contributed by atoms with Crippen LogP contribution in [0.2, 0.25) is 0 Å². The average molecular weight is 404 g/mol. The van der Waals surface area contributed by atoms with Crippen molar-refractivity contribution in [3.63, 3.8) is 0 Å². The van der Waals surface area contributed by atoms with E-state index in [4.69, 9.17) is 4.74 Å². The third-order valence-electron chi connectivity index (χ3n) is 4.05. The fourth-order valence-corrected chi connectivity index (χ4v) is 3.81. The molecule has 0 spiro atoms. The van der Waals surface area contributed by atoms with Crippen molar-refractivity contribution in [1.29, 1.82) is 0 Å². The highest BCUT2D eigenvalue weighted by molar-refractivity contribution is 7.99. The highest BCUT2D eigenvalue weighted by Crippen LogP contribution is 2.40. The molecule has 0 saturated heterocycles. The van der Waals surface area contributed by atoms with E-state index in [1.165, 1.54) is 18.0 Å². The summed E-state index contributed by atoms with van der Waals surface area (Å²) >= 11 is 1.26. The van der Waals surface area contributed by atoms with E-state index >= 15 is 0 Å². The van der Waals surface area contributed by atoms with Crippen molar-refractivity contribution < 1.29 is 9.66 Å². The van der Waals surface area contributed by atoms with Gasteiger partial charge in [-0.3, -0.25) is 10.1 Å². The van der Waals surface area contributed by atoms with Crippen LogP contribution in [0, 0.1) is 10.1 Å². The molecule has 8 heteroatoms. The van der Waals surface area contributed by atoms with Gasteiger partial charge in [0.25, 0.3) is 0 Å². The van der Waals surface area contributed by atoms with Crippen molar-refractivity contribution in [2.45, 2.75) is 9.79 Å². The van der Waals surface area contributed by atoms with E-state index in [0.717, 1.165) is 5.56 Å². The van der Waals surface area contributed by atoms with Crippen LogP contribution < -0.4 is 4.74 Å². The molecule has 2 aromatic heterocycles. The minimum absolute atomic E-state index is 0.0427. The molecule has 0 N–H and O–H groups in total. The molecule has 29 heavy (non-hydrogen) atoms. The van der Waals surface area contributed by atoms with Crippen molar-refractivity contribution in [2.75, 3.05) is 0 Å². The van der Waals surface area contributed by atoms with Gasteiger partial charge in [-0.1, -0.05) is 60.3 Å². The molecule has 0 saturated carbocycles. The Labute approximate surface area is 171 Å². The van der Waals surface area contributed by atoms with E-state index in [-0.39, 0.29) is 11.7 Å². The lowest BCUT2D eigenvalue weighted by molar-refractivity contribution is -0.387. The number of para-hydroxylation sites is 1. The molecular formula is C21H16N4O3S. The van der Waals surface area contributed by atoms with Crippen molar-refractivity contribution in [3.05, 3.63) is 89.4 Å². The normalized spacial score (nSPS) is 10.7. The molecule has 0 aliphatic heterocycles. The van der Waals surface area contributed by atoms with Gasteiger partial charge < -0.3 is 9.30 Å². The monoisotopic (exact) mass is 404 g/mol. The molecular weight excluding hydrogens is 388 g/mol. The summed E-state index contributed by atoms with van der Waals surface area (Å²) in [5.41, 5.74) is 1.56. The number of aryl methyl sites for hydroxylation is 1. The van der Waals surface area contributed by atoms with E-state index in [2.05, 4.69) is 9.97 Å². The topological polar surface area (TPSA) is 83.1 Å². The quantitative estimate of drug-likeness (QED) is 0.319. The Morgan fingerprint density at radius 1 is 1.00 bits per heavy atom. The lowest BCUT2D eigenvalue weighted by Gasteiger charge is -2.10. The number of ether oxygens (including phenoxy) is 1. The van der Waals surface area contributed by atoms with Crippen LogP contribution in [0.1, 0.15) is 0 Å². The zero-order chi connectivity index (χ0) is 20.2. The largest absolute Gasteiger partial charge is 0.424 e. The van der Waals surface area contributed by atoms with Crippen LogP contribution in [0.5, 0.6) is 11.8 Å². The first-order valence-corrected chi connectivity index (χ1v) is 9.55. The van der Waals surface area contributed by atoms with Gasteiger partial charge >= 0.3 is 11.7 Å². The number of hydrogen-bond donors (Lipinski definition) is 0. The molecule has 0 atom stereocenters. The Hall–Kier alpha value is -3.65. The van der Waals surface area contributed by atoms with Crippen LogP contribution in [0.4, 0.5) is 5.69 Å². The SMILES string of the molecule is Cn1cc(Sc2cnc(Oc3ccccc3)nc2-c2ccccc2)c([N+](=O)[O-])c1. The van der Waals surface area contributed by atoms with Crippen LogP contribution in [-0.4, -0.2) is 19.5 Å². The summed E-state index contributed by atoms with van der Waals surface area (Å²) in [6.45, 7) is 0. The summed E-state index contributed by atoms with van der Waals surface area (Å²) in [6, 6.07) is 19.1. The van der Waals surface area contributed by atoms with Gasteiger partial charge in [-0.05, 0) is 12.1 Å². The number of aromatic nitrogens is 3. The zero-order valence-corrected chi connectivity index (χ0v) is 16.2. The van der Waals surface area contributed by atoms with Crippen molar-refractivity contribution in [1.82, 2.24) is 14.5 Å². The standard InChI is InChI=1S/C21H16N4O3S/c1-24-13-17(25(26)27)19(14-24)29-18-12-22-21(28-16-10-6-3-7-11-16)23-20(18)15-8-4-2-5-9-15/h2-14H,1H3. The molecule has 0 fully saturated rings. The maximum Gasteiger partial charge on any atom is 0.322 e. The molecule has 144 valence electrons. The molecule has 0 radical (unpaired) electrons. The molecule has 0 amide bonds. The first-order chi connectivity index (χ1) is 14.1. The molecule has 0 aliphatic rings. The third kappa shape index (κ3) is 4.27. The van der Waals surface area contributed by atoms with Gasteiger partial charge in [0, 0.05) is 25.0 Å². The van der Waals surface area contributed by atoms with Gasteiger partial charge in [-0.25, -0.2) is 4.98 Å². The molecule has 2 heterocycles. The Kier molecular flexibility index (Phi) is 5.26. The average Bonchev–Trinajstić information content (AvgIpc) is 3.11. The summed E-state index contributed by atoms with van der Waals surface area (Å²) in [5.74, 6) is 0.630. The fraction of sp³-hybridized carbons (Fsp3) is 0.0476. The highest BCUT2D eigenvalue weighted by atomic mass is 32.2. The van der Waals surface area contributed by atoms with Gasteiger partial charge in [-0.2, -0.15) is 4.98 Å². The van der Waals surface area contributed by atoms with E-state index < -0.39 is 4.92 Å². The van der Waals surface area contributed by atoms with Crippen LogP contribution in [-0.2, 0) is 7.05 Å². The first-order valence-electron chi connectivity index (χ1n) is 8.74. The number of benzene rings is 2. The number of nitrogens with zero attached hydrogens (tertiary/aromatic N) is 4. The van der Waals surface area contributed by atoms with E-state index in [9.17, 15) is 10.1 Å². The van der Waals surface area contributed by atoms with E-state index in [0.29, 0.717) is 21.2 Å². The molecule has 4 rings (SSSR count). The van der Waals surface area contributed by atoms with E-state index in [1.54, 1.807) is 24.0 Å². The number of rotatable bonds is 6. The van der Waals surface area contributed by atoms with Gasteiger partial charge in [0.15, 0.2) is 0 Å². The lowest BCUT2D eigenvalue weighted by atomic mass is 10.1. The molecule has 4 aromatic rings. The number of nitro groups is 1. The minimum Gasteiger partial charge on any atom is -0.424 e. The molecule has 7 nitrogen and oxygen atoms in total. The van der Waals surface area contributed by atoms with Crippen LogP contribution in [0.15, 0.2) is 89.0 Å². The maximum absolute atomic E-state index is 11.4. The smallest absolute Gasteiger partial charge is 0.322 e. The van der Waals surface area contributed by atoms with Gasteiger partial charge in [-0.15, -0.1) is 0 Å². The van der Waals surface area contributed by atoms with Crippen LogP contribution in [0.25, 0.3) is 11.3 Å². The second kappa shape index (κ2) is 8.15. The van der Waals surface area contributed by atoms with Gasteiger partial charge in [0.05, 0.1) is 21.7 Å². The molecule has 0 aliphatic carbocycles. The van der Waals surface area contributed by atoms with E-state index in [1.807, 2.05) is 60.7 Å². The fourth-order valence-electron chi connectivity index (χ4n) is 2.75. The summed E-state index contributed by atoms with van der Waals surface area (Å²) in [6.07, 6.45) is 4.83. The summed E-state index contributed by atoms with van der Waals surface area (Å²) in [7, 11) is 1.75.